The second-order valence-electron chi connectivity index (χ2n) is 2.91. The summed E-state index contributed by atoms with van der Waals surface area (Å²) in [5.41, 5.74) is 0.322. The first-order valence-electron chi connectivity index (χ1n) is 4.17. The Morgan fingerprint density at radius 2 is 2.13 bits per heavy atom. The highest BCUT2D eigenvalue weighted by Crippen LogP contribution is 2.25. The molecule has 0 saturated carbocycles. The van der Waals surface area contributed by atoms with E-state index < -0.39 is 5.82 Å². The second-order valence-corrected chi connectivity index (χ2v) is 3.77. The van der Waals surface area contributed by atoms with E-state index in [1.807, 2.05) is 0 Å². The number of aromatic nitrogens is 2. The van der Waals surface area contributed by atoms with Crippen LogP contribution in [0.4, 0.5) is 4.39 Å². The highest BCUT2D eigenvalue weighted by molar-refractivity contribution is 9.10. The van der Waals surface area contributed by atoms with E-state index in [9.17, 15) is 9.18 Å². The van der Waals surface area contributed by atoms with Crippen molar-refractivity contribution in [1.29, 1.82) is 0 Å². The summed E-state index contributed by atoms with van der Waals surface area (Å²) >= 11 is 3.07. The summed E-state index contributed by atoms with van der Waals surface area (Å²) in [4.78, 5) is 17.2. The third kappa shape index (κ3) is 1.97. The number of benzene rings is 1. The number of nitrogens with one attached hydrogen (secondary N) is 1. The molecule has 0 spiro atoms. The third-order valence-corrected chi connectivity index (χ3v) is 2.51. The van der Waals surface area contributed by atoms with Crippen molar-refractivity contribution in [2.45, 2.75) is 0 Å². The van der Waals surface area contributed by atoms with Crippen LogP contribution in [-0.2, 0) is 0 Å². The van der Waals surface area contributed by atoms with Crippen LogP contribution in [0.2, 0.25) is 0 Å². The molecule has 0 atom stereocenters. The first kappa shape index (κ1) is 10.0. The van der Waals surface area contributed by atoms with Crippen molar-refractivity contribution < 1.29 is 4.39 Å². The summed E-state index contributed by atoms with van der Waals surface area (Å²) in [6.07, 6.45) is 2.55. The Morgan fingerprint density at radius 1 is 1.33 bits per heavy atom. The van der Waals surface area contributed by atoms with E-state index >= 15 is 0 Å². The van der Waals surface area contributed by atoms with E-state index in [4.69, 9.17) is 0 Å². The fourth-order valence-electron chi connectivity index (χ4n) is 1.23. The van der Waals surface area contributed by atoms with Gasteiger partial charge in [0.25, 0.3) is 5.56 Å². The summed E-state index contributed by atoms with van der Waals surface area (Å²) in [5.74, 6) is -0.416. The number of hydrogen-bond acceptors (Lipinski definition) is 2. The number of H-pyrrole nitrogens is 1. The molecule has 0 amide bonds. The van der Waals surface area contributed by atoms with Crippen LogP contribution in [0.3, 0.4) is 0 Å². The molecule has 15 heavy (non-hydrogen) atoms. The van der Waals surface area contributed by atoms with E-state index in [-0.39, 0.29) is 5.56 Å². The van der Waals surface area contributed by atoms with Gasteiger partial charge in [-0.05, 0) is 28.1 Å². The predicted molar refractivity (Wildman–Crippen MR) is 58.0 cm³/mol. The molecule has 2 aromatic rings. The van der Waals surface area contributed by atoms with Crippen LogP contribution in [0.15, 0.2) is 39.9 Å². The Bertz CT molecular complexity index is 553. The zero-order valence-corrected chi connectivity index (χ0v) is 9.08. The van der Waals surface area contributed by atoms with E-state index in [0.717, 1.165) is 6.20 Å². The highest BCUT2D eigenvalue weighted by atomic mass is 79.9. The Balaban J connectivity index is 2.64. The van der Waals surface area contributed by atoms with Crippen LogP contribution < -0.4 is 5.56 Å². The fraction of sp³-hybridized carbons (Fsp3) is 0. The van der Waals surface area contributed by atoms with Gasteiger partial charge in [-0.3, -0.25) is 9.78 Å². The third-order valence-electron chi connectivity index (χ3n) is 1.90. The molecule has 5 heteroatoms. The van der Waals surface area contributed by atoms with Crippen molar-refractivity contribution in [3.05, 3.63) is 51.2 Å². The van der Waals surface area contributed by atoms with Crippen molar-refractivity contribution in [3.63, 3.8) is 0 Å². The lowest BCUT2D eigenvalue weighted by molar-refractivity contribution is 0.624. The van der Waals surface area contributed by atoms with Gasteiger partial charge in [0.1, 0.15) is 5.82 Å². The Morgan fingerprint density at radius 3 is 2.87 bits per heavy atom. The van der Waals surface area contributed by atoms with Crippen LogP contribution in [0, 0.1) is 5.82 Å². The molecule has 0 fully saturated rings. The Kier molecular flexibility index (Phi) is 2.64. The van der Waals surface area contributed by atoms with Gasteiger partial charge in [0, 0.05) is 5.56 Å². The lowest BCUT2D eigenvalue weighted by atomic mass is 10.1. The molecule has 0 aliphatic rings. The molecule has 1 N–H and O–H groups in total. The first-order chi connectivity index (χ1) is 7.18. The fourth-order valence-corrected chi connectivity index (χ4v) is 1.59. The second kappa shape index (κ2) is 3.94. The SMILES string of the molecule is O=c1cncc(-c2cccc(Br)c2F)[nH]1. The van der Waals surface area contributed by atoms with Crippen molar-refractivity contribution in [2.24, 2.45) is 0 Å². The molecule has 1 aromatic heterocycles. The van der Waals surface area contributed by atoms with Gasteiger partial charge >= 0.3 is 0 Å². The van der Waals surface area contributed by atoms with Crippen LogP contribution >= 0.6 is 15.9 Å². The average molecular weight is 269 g/mol. The molecule has 76 valence electrons. The number of rotatable bonds is 1. The van der Waals surface area contributed by atoms with Gasteiger partial charge in [0.05, 0.1) is 22.6 Å². The van der Waals surface area contributed by atoms with Crippen molar-refractivity contribution in [2.75, 3.05) is 0 Å². The molecule has 0 aliphatic heterocycles. The molecule has 0 bridgehead atoms. The highest BCUT2D eigenvalue weighted by Gasteiger charge is 2.08. The van der Waals surface area contributed by atoms with Crippen molar-refractivity contribution in [3.8, 4) is 11.3 Å². The molecular weight excluding hydrogens is 263 g/mol. The van der Waals surface area contributed by atoms with Crippen molar-refractivity contribution >= 4 is 15.9 Å². The van der Waals surface area contributed by atoms with E-state index in [2.05, 4.69) is 25.9 Å². The molecule has 0 aliphatic carbocycles. The van der Waals surface area contributed by atoms with Crippen LogP contribution in [0.1, 0.15) is 0 Å². The summed E-state index contributed by atoms with van der Waals surface area (Å²) in [7, 11) is 0. The summed E-state index contributed by atoms with van der Waals surface area (Å²) in [6.45, 7) is 0. The van der Waals surface area contributed by atoms with Gasteiger partial charge < -0.3 is 4.98 Å². The zero-order valence-electron chi connectivity index (χ0n) is 7.50. The van der Waals surface area contributed by atoms with E-state index in [1.54, 1.807) is 18.2 Å². The summed E-state index contributed by atoms with van der Waals surface area (Å²) in [6, 6.07) is 4.86. The van der Waals surface area contributed by atoms with Gasteiger partial charge in [0.15, 0.2) is 0 Å². The number of aromatic amines is 1. The zero-order chi connectivity index (χ0) is 10.8. The maximum Gasteiger partial charge on any atom is 0.266 e. The van der Waals surface area contributed by atoms with E-state index in [1.165, 1.54) is 6.20 Å². The molecule has 1 heterocycles. The van der Waals surface area contributed by atoms with Crippen LogP contribution in [-0.4, -0.2) is 9.97 Å². The standard InChI is InChI=1S/C10H6BrFN2O/c11-7-3-1-2-6(10(7)12)8-4-13-5-9(15)14-8/h1-5H,(H,14,15). The number of halogens is 2. The van der Waals surface area contributed by atoms with E-state index in [0.29, 0.717) is 15.7 Å². The minimum Gasteiger partial charge on any atom is -0.319 e. The monoisotopic (exact) mass is 268 g/mol. The molecule has 1 aromatic carbocycles. The number of hydrogen-bond donors (Lipinski definition) is 1. The summed E-state index contributed by atoms with van der Waals surface area (Å²) < 4.78 is 14.0. The van der Waals surface area contributed by atoms with Gasteiger partial charge in [-0.2, -0.15) is 0 Å². The van der Waals surface area contributed by atoms with Gasteiger partial charge in [-0.1, -0.05) is 6.07 Å². The normalized spacial score (nSPS) is 10.3. The van der Waals surface area contributed by atoms with Crippen molar-refractivity contribution in [1.82, 2.24) is 9.97 Å². The maximum absolute atomic E-state index is 13.6. The van der Waals surface area contributed by atoms with Gasteiger partial charge in [-0.25, -0.2) is 4.39 Å². The lowest BCUT2D eigenvalue weighted by Crippen LogP contribution is -2.06. The number of nitrogens with zero attached hydrogens (tertiary/aromatic N) is 1. The molecule has 3 nitrogen and oxygen atoms in total. The molecule has 0 radical (unpaired) electrons. The topological polar surface area (TPSA) is 45.8 Å². The predicted octanol–water partition coefficient (Wildman–Crippen LogP) is 2.34. The smallest absolute Gasteiger partial charge is 0.266 e. The quantitative estimate of drug-likeness (QED) is 0.863. The van der Waals surface area contributed by atoms with Gasteiger partial charge in [0.2, 0.25) is 0 Å². The Labute approximate surface area is 93.1 Å². The van der Waals surface area contributed by atoms with Gasteiger partial charge in [-0.15, -0.1) is 0 Å². The maximum atomic E-state index is 13.6. The minimum absolute atomic E-state index is 0.314. The minimum atomic E-state index is -0.416. The molecule has 0 saturated heterocycles. The van der Waals surface area contributed by atoms with Crippen LogP contribution in [0.5, 0.6) is 0 Å². The lowest BCUT2D eigenvalue weighted by Gasteiger charge is -2.03. The molecule has 0 unspecified atom stereocenters. The molecular formula is C10H6BrFN2O. The first-order valence-corrected chi connectivity index (χ1v) is 4.96. The van der Waals surface area contributed by atoms with Crippen LogP contribution in [0.25, 0.3) is 11.3 Å². The molecule has 2 rings (SSSR count). The summed E-state index contributed by atoms with van der Waals surface area (Å²) in [5, 5.41) is 0. The Hall–Kier alpha value is -1.49. The average Bonchev–Trinajstić information content (AvgIpc) is 2.22. The largest absolute Gasteiger partial charge is 0.319 e.